The molecule has 1 fully saturated rings. The van der Waals surface area contributed by atoms with Gasteiger partial charge >= 0.3 is 6.03 Å². The molecule has 0 aliphatic carbocycles. The summed E-state index contributed by atoms with van der Waals surface area (Å²) in [6.07, 6.45) is 1.33. The van der Waals surface area contributed by atoms with Crippen LogP contribution in [0, 0.1) is 0 Å². The minimum absolute atomic E-state index is 0.317. The molecule has 1 saturated heterocycles. The van der Waals surface area contributed by atoms with Crippen molar-refractivity contribution in [3.63, 3.8) is 0 Å². The standard InChI is InChI=1S/C26H23BrN2O3/c1-3-17-7-6-8-20(15-17)29-25(31)28(24(30)18-11-13-19(27)14-12-18)22-16-26(29,2)32-23-10-5-4-9-21(22)23/h4-15,22H,3,16H2,1-2H3/t22-,26-/m1/s1. The van der Waals surface area contributed by atoms with E-state index in [9.17, 15) is 9.59 Å². The molecule has 6 heteroatoms. The quantitative estimate of drug-likeness (QED) is 0.430. The summed E-state index contributed by atoms with van der Waals surface area (Å²) in [5, 5.41) is 0. The van der Waals surface area contributed by atoms with E-state index in [1.165, 1.54) is 4.90 Å². The van der Waals surface area contributed by atoms with Crippen molar-refractivity contribution in [2.24, 2.45) is 0 Å². The molecular weight excluding hydrogens is 468 g/mol. The zero-order chi connectivity index (χ0) is 22.5. The molecule has 0 aromatic heterocycles. The largest absolute Gasteiger partial charge is 0.467 e. The molecule has 0 spiro atoms. The molecule has 3 amide bonds. The monoisotopic (exact) mass is 490 g/mol. The number of anilines is 1. The van der Waals surface area contributed by atoms with Gasteiger partial charge in [0.05, 0.1) is 6.04 Å². The van der Waals surface area contributed by atoms with Crippen LogP contribution in [0.4, 0.5) is 10.5 Å². The zero-order valence-corrected chi connectivity index (χ0v) is 19.5. The number of urea groups is 1. The number of halogens is 1. The van der Waals surface area contributed by atoms with Gasteiger partial charge in [-0.2, -0.15) is 0 Å². The summed E-state index contributed by atoms with van der Waals surface area (Å²) in [6.45, 7) is 4.00. The van der Waals surface area contributed by atoms with Gasteiger partial charge in [-0.25, -0.2) is 4.79 Å². The Kier molecular flexibility index (Phi) is 5.05. The number of aryl methyl sites for hydroxylation is 1. The van der Waals surface area contributed by atoms with Crippen LogP contribution in [-0.4, -0.2) is 22.6 Å². The van der Waals surface area contributed by atoms with Gasteiger partial charge in [-0.15, -0.1) is 0 Å². The van der Waals surface area contributed by atoms with Crippen molar-refractivity contribution in [1.82, 2.24) is 4.90 Å². The third-order valence-corrected chi connectivity index (χ3v) is 6.78. The molecule has 2 heterocycles. The highest BCUT2D eigenvalue weighted by molar-refractivity contribution is 9.10. The van der Waals surface area contributed by atoms with Crippen molar-refractivity contribution < 1.29 is 14.3 Å². The van der Waals surface area contributed by atoms with Crippen LogP contribution in [-0.2, 0) is 6.42 Å². The molecular formula is C26H23BrN2O3. The van der Waals surface area contributed by atoms with Crippen LogP contribution >= 0.6 is 15.9 Å². The van der Waals surface area contributed by atoms with Crippen molar-refractivity contribution in [2.75, 3.05) is 4.90 Å². The molecule has 2 bridgehead atoms. The fraction of sp³-hybridized carbons (Fsp3) is 0.231. The Morgan fingerprint density at radius 3 is 2.59 bits per heavy atom. The minimum Gasteiger partial charge on any atom is -0.467 e. The van der Waals surface area contributed by atoms with Gasteiger partial charge in [0.15, 0.2) is 5.72 Å². The average molecular weight is 491 g/mol. The van der Waals surface area contributed by atoms with Gasteiger partial charge in [0.2, 0.25) is 0 Å². The molecule has 32 heavy (non-hydrogen) atoms. The Labute approximate surface area is 195 Å². The molecule has 0 saturated carbocycles. The highest BCUT2D eigenvalue weighted by atomic mass is 79.9. The fourth-order valence-corrected chi connectivity index (χ4v) is 4.93. The highest BCUT2D eigenvalue weighted by Gasteiger charge is 2.55. The Balaban J connectivity index is 1.66. The predicted octanol–water partition coefficient (Wildman–Crippen LogP) is 6.33. The van der Waals surface area contributed by atoms with Crippen LogP contribution in [0.2, 0.25) is 0 Å². The number of nitrogens with zero attached hydrogens (tertiary/aromatic N) is 2. The molecule has 5 rings (SSSR count). The molecule has 0 unspecified atom stereocenters. The van der Waals surface area contributed by atoms with E-state index in [1.54, 1.807) is 17.0 Å². The maximum absolute atomic E-state index is 14.0. The molecule has 2 aliphatic heterocycles. The lowest BCUT2D eigenvalue weighted by Gasteiger charge is -2.53. The third kappa shape index (κ3) is 3.30. The zero-order valence-electron chi connectivity index (χ0n) is 17.9. The molecule has 3 aromatic rings. The summed E-state index contributed by atoms with van der Waals surface area (Å²) < 4.78 is 7.29. The number of carbonyl (C=O) groups excluding carboxylic acids is 2. The number of ether oxygens (including phenoxy) is 1. The van der Waals surface area contributed by atoms with Gasteiger partial charge in [-0.1, -0.05) is 53.2 Å². The van der Waals surface area contributed by atoms with Gasteiger partial charge in [0.25, 0.3) is 5.91 Å². The van der Waals surface area contributed by atoms with E-state index in [0.717, 1.165) is 27.7 Å². The molecule has 0 N–H and O–H groups in total. The maximum Gasteiger partial charge on any atom is 0.335 e. The number of benzene rings is 3. The van der Waals surface area contributed by atoms with Crippen molar-refractivity contribution in [2.45, 2.75) is 38.5 Å². The second-order valence-electron chi connectivity index (χ2n) is 8.36. The van der Waals surface area contributed by atoms with Gasteiger partial charge in [-0.05, 0) is 61.4 Å². The Morgan fingerprint density at radius 2 is 1.84 bits per heavy atom. The van der Waals surface area contributed by atoms with Gasteiger partial charge < -0.3 is 4.74 Å². The topological polar surface area (TPSA) is 49.9 Å². The van der Waals surface area contributed by atoms with Crippen LogP contribution in [0.25, 0.3) is 0 Å². The normalized spacial score (nSPS) is 21.7. The summed E-state index contributed by atoms with van der Waals surface area (Å²) in [5.41, 5.74) is 2.26. The van der Waals surface area contributed by atoms with Crippen molar-refractivity contribution in [3.8, 4) is 5.75 Å². The lowest BCUT2D eigenvalue weighted by atomic mass is 9.88. The van der Waals surface area contributed by atoms with Crippen molar-refractivity contribution in [1.29, 1.82) is 0 Å². The Morgan fingerprint density at radius 1 is 1.09 bits per heavy atom. The first-order valence-electron chi connectivity index (χ1n) is 10.7. The number of hydrogen-bond donors (Lipinski definition) is 0. The van der Waals surface area contributed by atoms with Crippen molar-refractivity contribution in [3.05, 3.63) is 94.0 Å². The average Bonchev–Trinajstić information content (AvgIpc) is 2.79. The van der Waals surface area contributed by atoms with Crippen LogP contribution in [0.5, 0.6) is 5.75 Å². The van der Waals surface area contributed by atoms with E-state index in [1.807, 2.05) is 67.6 Å². The number of carbonyl (C=O) groups is 2. The Hall–Kier alpha value is -3.12. The van der Waals surface area contributed by atoms with E-state index < -0.39 is 11.8 Å². The number of para-hydroxylation sites is 1. The number of amides is 3. The van der Waals surface area contributed by atoms with Crippen LogP contribution < -0.4 is 9.64 Å². The molecule has 162 valence electrons. The summed E-state index contributed by atoms with van der Waals surface area (Å²) in [5.74, 6) is 0.381. The maximum atomic E-state index is 14.0. The number of hydrogen-bond acceptors (Lipinski definition) is 3. The summed E-state index contributed by atoms with van der Waals surface area (Å²) in [7, 11) is 0. The van der Waals surface area contributed by atoms with E-state index in [2.05, 4.69) is 22.9 Å². The number of rotatable bonds is 3. The van der Waals surface area contributed by atoms with E-state index >= 15 is 0 Å². The van der Waals surface area contributed by atoms with Crippen molar-refractivity contribution >= 4 is 33.6 Å². The number of fused-ring (bicyclic) bond motifs is 4. The smallest absolute Gasteiger partial charge is 0.335 e. The first-order valence-corrected chi connectivity index (χ1v) is 11.5. The lowest BCUT2D eigenvalue weighted by Crippen LogP contribution is -2.67. The first kappa shape index (κ1) is 20.8. The Bertz CT molecular complexity index is 1210. The van der Waals surface area contributed by atoms with Gasteiger partial charge in [0.1, 0.15) is 5.75 Å². The second-order valence-corrected chi connectivity index (χ2v) is 9.27. The summed E-state index contributed by atoms with van der Waals surface area (Å²) in [4.78, 5) is 30.7. The molecule has 2 aliphatic rings. The second kappa shape index (κ2) is 7.78. The molecule has 0 radical (unpaired) electrons. The van der Waals surface area contributed by atoms with E-state index in [-0.39, 0.29) is 11.9 Å². The minimum atomic E-state index is -0.904. The van der Waals surface area contributed by atoms with E-state index in [0.29, 0.717) is 17.7 Å². The number of imide groups is 1. The van der Waals surface area contributed by atoms with Crippen LogP contribution in [0.3, 0.4) is 0 Å². The van der Waals surface area contributed by atoms with Crippen LogP contribution in [0.1, 0.15) is 47.8 Å². The fourth-order valence-electron chi connectivity index (χ4n) is 4.67. The highest BCUT2D eigenvalue weighted by Crippen LogP contribution is 2.49. The third-order valence-electron chi connectivity index (χ3n) is 6.25. The molecule has 5 nitrogen and oxygen atoms in total. The van der Waals surface area contributed by atoms with Crippen LogP contribution in [0.15, 0.2) is 77.3 Å². The SMILES string of the molecule is CCc1cccc(N2C(=O)N(C(=O)c3ccc(Br)cc3)[C@@H]3C[C@@]2(C)Oc2ccccc23)c1. The summed E-state index contributed by atoms with van der Waals surface area (Å²) >= 11 is 3.41. The molecule has 3 aromatic carbocycles. The predicted molar refractivity (Wildman–Crippen MR) is 127 cm³/mol. The summed E-state index contributed by atoms with van der Waals surface area (Å²) in [6, 6.07) is 21.8. The lowest BCUT2D eigenvalue weighted by molar-refractivity contribution is 0.00268. The van der Waals surface area contributed by atoms with E-state index in [4.69, 9.17) is 4.74 Å². The van der Waals surface area contributed by atoms with Gasteiger partial charge in [-0.3, -0.25) is 14.6 Å². The molecule has 2 atom stereocenters. The van der Waals surface area contributed by atoms with Gasteiger partial charge in [0, 0.05) is 27.7 Å². The first-order chi connectivity index (χ1) is 15.4.